The summed E-state index contributed by atoms with van der Waals surface area (Å²) < 4.78 is 22.1. The van der Waals surface area contributed by atoms with Crippen LogP contribution < -0.4 is 5.32 Å². The molecule has 0 radical (unpaired) electrons. The number of methoxy groups -OCH3 is 2. The van der Waals surface area contributed by atoms with E-state index in [4.69, 9.17) is 5.11 Å². The third-order valence-corrected chi connectivity index (χ3v) is 2.45. The molecule has 0 unspecified atom stereocenters. The van der Waals surface area contributed by atoms with Crippen molar-refractivity contribution in [2.24, 2.45) is 0 Å². The van der Waals surface area contributed by atoms with Crippen molar-refractivity contribution in [1.29, 1.82) is 0 Å². The molecule has 22 heavy (non-hydrogen) atoms. The van der Waals surface area contributed by atoms with E-state index in [2.05, 4.69) is 14.8 Å². The summed E-state index contributed by atoms with van der Waals surface area (Å²) in [5.41, 5.74) is -1.48. The van der Waals surface area contributed by atoms with E-state index in [0.29, 0.717) is 6.07 Å². The number of ether oxygens (including phenoxy) is 2. The molecule has 0 aliphatic heterocycles. The van der Waals surface area contributed by atoms with Gasteiger partial charge in [-0.25, -0.2) is 18.8 Å². The quantitative estimate of drug-likeness (QED) is 0.416. The second-order valence-electron chi connectivity index (χ2n) is 3.85. The number of carboxylic acids is 1. The van der Waals surface area contributed by atoms with E-state index in [1.54, 1.807) is 0 Å². The number of nitrogens with one attached hydrogen (secondary N) is 1. The average molecular weight is 313 g/mol. The Morgan fingerprint density at radius 1 is 1.23 bits per heavy atom. The van der Waals surface area contributed by atoms with Crippen molar-refractivity contribution in [3.63, 3.8) is 0 Å². The largest absolute Gasteiger partial charge is 0.506 e. The molecule has 0 heterocycles. The zero-order valence-electron chi connectivity index (χ0n) is 11.5. The Balaban J connectivity index is 3.26. The third-order valence-electron chi connectivity index (χ3n) is 2.45. The number of phenolic OH excluding ortho intramolecular Hbond substituents is 1. The van der Waals surface area contributed by atoms with E-state index in [1.807, 2.05) is 0 Å². The van der Waals surface area contributed by atoms with Gasteiger partial charge in [-0.05, 0) is 6.07 Å². The molecule has 1 aromatic rings. The van der Waals surface area contributed by atoms with E-state index in [9.17, 15) is 23.9 Å². The van der Waals surface area contributed by atoms with Gasteiger partial charge in [0.1, 0.15) is 17.3 Å². The molecule has 0 aliphatic rings. The standard InChI is InChI=1S/C13H12FNO7/c1-21-11(17)5-9(13(20)22-2)15-8-3-6(12(18)19)7(14)4-10(8)16/h3-5,15-16H,1-2H3,(H,18,19)/b9-5+. The number of carbonyl (C=O) groups excluding carboxylic acids is 2. The van der Waals surface area contributed by atoms with Crippen molar-refractivity contribution in [2.45, 2.75) is 0 Å². The van der Waals surface area contributed by atoms with Crippen LogP contribution in [0, 0.1) is 5.82 Å². The molecule has 1 rings (SSSR count). The summed E-state index contributed by atoms with van der Waals surface area (Å²) >= 11 is 0. The van der Waals surface area contributed by atoms with Crippen LogP contribution in [0.3, 0.4) is 0 Å². The minimum atomic E-state index is -1.57. The molecular weight excluding hydrogens is 301 g/mol. The van der Waals surface area contributed by atoms with Gasteiger partial charge in [0, 0.05) is 6.07 Å². The van der Waals surface area contributed by atoms with Crippen molar-refractivity contribution in [2.75, 3.05) is 19.5 Å². The van der Waals surface area contributed by atoms with E-state index in [-0.39, 0.29) is 5.69 Å². The van der Waals surface area contributed by atoms with Crippen LogP contribution >= 0.6 is 0 Å². The molecule has 0 aromatic heterocycles. The van der Waals surface area contributed by atoms with Crippen molar-refractivity contribution in [1.82, 2.24) is 0 Å². The average Bonchev–Trinajstić information content (AvgIpc) is 2.47. The molecule has 1 aromatic carbocycles. The molecule has 8 nitrogen and oxygen atoms in total. The van der Waals surface area contributed by atoms with Crippen molar-refractivity contribution >= 4 is 23.6 Å². The fraction of sp³-hybridized carbons (Fsp3) is 0.154. The van der Waals surface area contributed by atoms with Crippen LogP contribution in [0.2, 0.25) is 0 Å². The highest BCUT2D eigenvalue weighted by atomic mass is 19.1. The number of anilines is 1. The molecule has 0 atom stereocenters. The van der Waals surface area contributed by atoms with Crippen LogP contribution in [0.25, 0.3) is 0 Å². The Morgan fingerprint density at radius 3 is 2.36 bits per heavy atom. The minimum absolute atomic E-state index is 0.306. The molecule has 3 N–H and O–H groups in total. The maximum absolute atomic E-state index is 13.4. The maximum Gasteiger partial charge on any atom is 0.354 e. The summed E-state index contributed by atoms with van der Waals surface area (Å²) in [6, 6.07) is 1.32. The zero-order chi connectivity index (χ0) is 16.9. The number of rotatable bonds is 5. The highest BCUT2D eigenvalue weighted by Crippen LogP contribution is 2.28. The molecule has 118 valence electrons. The zero-order valence-corrected chi connectivity index (χ0v) is 11.5. The van der Waals surface area contributed by atoms with E-state index in [1.165, 1.54) is 0 Å². The number of esters is 2. The van der Waals surface area contributed by atoms with Gasteiger partial charge < -0.3 is 25.0 Å². The van der Waals surface area contributed by atoms with Crippen molar-refractivity contribution < 1.29 is 38.5 Å². The number of carbonyl (C=O) groups is 3. The van der Waals surface area contributed by atoms with Gasteiger partial charge in [0.25, 0.3) is 0 Å². The van der Waals surface area contributed by atoms with Gasteiger partial charge in [0.15, 0.2) is 0 Å². The smallest absolute Gasteiger partial charge is 0.354 e. The van der Waals surface area contributed by atoms with Gasteiger partial charge in [-0.2, -0.15) is 0 Å². The first kappa shape index (κ1) is 17.0. The van der Waals surface area contributed by atoms with E-state index in [0.717, 1.165) is 26.4 Å². The van der Waals surface area contributed by atoms with Gasteiger partial charge in [0.05, 0.1) is 31.5 Å². The summed E-state index contributed by atoms with van der Waals surface area (Å²) in [7, 11) is 2.12. The first-order valence-electron chi connectivity index (χ1n) is 5.71. The Labute approximate surface area is 123 Å². The van der Waals surface area contributed by atoms with Crippen LogP contribution in [0.1, 0.15) is 10.4 Å². The lowest BCUT2D eigenvalue weighted by molar-refractivity contribution is -0.138. The SMILES string of the molecule is COC(=O)/C=C(/Nc1cc(C(=O)O)c(F)cc1O)C(=O)OC. The normalized spacial score (nSPS) is 10.8. The van der Waals surface area contributed by atoms with Crippen LogP contribution in [0.4, 0.5) is 10.1 Å². The van der Waals surface area contributed by atoms with Crippen LogP contribution in [0.15, 0.2) is 23.9 Å². The van der Waals surface area contributed by atoms with Crippen LogP contribution in [-0.2, 0) is 19.1 Å². The molecule has 0 amide bonds. The second kappa shape index (κ2) is 7.07. The number of hydrogen-bond acceptors (Lipinski definition) is 7. The van der Waals surface area contributed by atoms with E-state index >= 15 is 0 Å². The lowest BCUT2D eigenvalue weighted by Gasteiger charge is -2.11. The molecule has 9 heteroatoms. The van der Waals surface area contributed by atoms with Gasteiger partial charge in [0.2, 0.25) is 0 Å². The monoisotopic (exact) mass is 313 g/mol. The molecule has 0 spiro atoms. The third kappa shape index (κ3) is 3.95. The van der Waals surface area contributed by atoms with Crippen LogP contribution in [0.5, 0.6) is 5.75 Å². The number of halogens is 1. The second-order valence-corrected chi connectivity index (χ2v) is 3.85. The number of carboxylic acid groups (broad SMARTS) is 1. The summed E-state index contributed by atoms with van der Waals surface area (Å²) in [6.45, 7) is 0. The molecule has 0 saturated heterocycles. The Bertz CT molecular complexity index is 654. The number of hydrogen-bond donors (Lipinski definition) is 3. The number of phenols is 1. The molecular formula is C13H12FNO7. The predicted octanol–water partition coefficient (Wildman–Crippen LogP) is 0.871. The Morgan fingerprint density at radius 2 is 1.86 bits per heavy atom. The fourth-order valence-corrected chi connectivity index (χ4v) is 1.40. The van der Waals surface area contributed by atoms with Crippen molar-refractivity contribution in [3.8, 4) is 5.75 Å². The first-order valence-corrected chi connectivity index (χ1v) is 5.71. The Kier molecular flexibility index (Phi) is 5.44. The fourth-order valence-electron chi connectivity index (χ4n) is 1.40. The van der Waals surface area contributed by atoms with Crippen molar-refractivity contribution in [3.05, 3.63) is 35.3 Å². The highest BCUT2D eigenvalue weighted by molar-refractivity contribution is 5.99. The topological polar surface area (TPSA) is 122 Å². The van der Waals surface area contributed by atoms with Gasteiger partial charge >= 0.3 is 17.9 Å². The number of aromatic hydroxyl groups is 1. The van der Waals surface area contributed by atoms with Gasteiger partial charge in [-0.3, -0.25) is 0 Å². The summed E-state index contributed by atoms with van der Waals surface area (Å²) in [6.07, 6.45) is 0.731. The number of benzene rings is 1. The molecule has 0 saturated carbocycles. The lowest BCUT2D eigenvalue weighted by Crippen LogP contribution is -2.16. The first-order chi connectivity index (χ1) is 10.3. The summed E-state index contributed by atoms with van der Waals surface area (Å²) in [5, 5.41) is 20.7. The predicted molar refractivity (Wildman–Crippen MR) is 70.8 cm³/mol. The van der Waals surface area contributed by atoms with Gasteiger partial charge in [-0.1, -0.05) is 0 Å². The highest BCUT2D eigenvalue weighted by Gasteiger charge is 2.18. The van der Waals surface area contributed by atoms with E-state index < -0.39 is 40.7 Å². The number of aromatic carboxylic acids is 1. The Hall–Kier alpha value is -3.10. The maximum atomic E-state index is 13.4. The molecule has 0 aliphatic carbocycles. The lowest BCUT2D eigenvalue weighted by atomic mass is 10.1. The van der Waals surface area contributed by atoms with Crippen LogP contribution in [-0.4, -0.2) is 42.3 Å². The summed E-state index contributed by atoms with van der Waals surface area (Å²) in [4.78, 5) is 33.6. The summed E-state index contributed by atoms with van der Waals surface area (Å²) in [5.74, 6) is -5.27. The van der Waals surface area contributed by atoms with Gasteiger partial charge in [-0.15, -0.1) is 0 Å². The minimum Gasteiger partial charge on any atom is -0.506 e. The molecule has 0 fully saturated rings. The molecule has 0 bridgehead atoms.